The number of aliphatic hydroxyl groups excluding tert-OH is 7. The number of rotatable bonds is 8. The molecule has 10 atom stereocenters. The van der Waals surface area contributed by atoms with Crippen molar-refractivity contribution in [1.29, 1.82) is 0 Å². The third-order valence-corrected chi connectivity index (χ3v) is 9.25. The SMILES string of the molecule is CC1C(O)OC(C(O)COc2c(I)cc(I)cc2I)C1O.Cc1cc(C)c(OCC(O)C2OC(O)C(O)C2O)c(C)c1. The van der Waals surface area contributed by atoms with Gasteiger partial charge in [-0.3, -0.25) is 0 Å². The minimum Gasteiger partial charge on any atom is -0.490 e. The van der Waals surface area contributed by atoms with Gasteiger partial charge in [0.2, 0.25) is 0 Å². The van der Waals surface area contributed by atoms with E-state index in [2.05, 4.69) is 67.8 Å². The average molecular weight is 930 g/mol. The molecule has 2 aliphatic rings. The first-order chi connectivity index (χ1) is 19.6. The fraction of sp³-hybridized carbons (Fsp3) is 0.571. The molecule has 2 fully saturated rings. The molecule has 4 rings (SSSR count). The minimum absolute atomic E-state index is 0.00619. The summed E-state index contributed by atoms with van der Waals surface area (Å²) in [6.45, 7) is 7.38. The van der Waals surface area contributed by atoms with Gasteiger partial charge in [-0.25, -0.2) is 0 Å². The molecule has 7 N–H and O–H groups in total. The molecule has 2 heterocycles. The number of hydrogen-bond donors (Lipinski definition) is 7. The molecule has 0 aliphatic carbocycles. The largest absolute Gasteiger partial charge is 0.490 e. The van der Waals surface area contributed by atoms with Gasteiger partial charge >= 0.3 is 0 Å². The molecule has 14 heteroatoms. The van der Waals surface area contributed by atoms with Gasteiger partial charge < -0.3 is 54.7 Å². The molecule has 0 radical (unpaired) electrons. The summed E-state index contributed by atoms with van der Waals surface area (Å²) in [6, 6.07) is 7.92. The van der Waals surface area contributed by atoms with E-state index < -0.39 is 61.2 Å². The second-order valence-corrected chi connectivity index (χ2v) is 14.1. The maximum atomic E-state index is 10.1. The molecule has 11 nitrogen and oxygen atoms in total. The van der Waals surface area contributed by atoms with Gasteiger partial charge in [0.1, 0.15) is 61.3 Å². The van der Waals surface area contributed by atoms with Gasteiger partial charge in [-0.2, -0.15) is 0 Å². The van der Waals surface area contributed by atoms with E-state index in [-0.39, 0.29) is 13.2 Å². The first-order valence-electron chi connectivity index (χ1n) is 13.2. The van der Waals surface area contributed by atoms with Crippen molar-refractivity contribution in [1.82, 2.24) is 0 Å². The highest BCUT2D eigenvalue weighted by Gasteiger charge is 2.46. The summed E-state index contributed by atoms with van der Waals surface area (Å²) in [5, 5.41) is 68.0. The van der Waals surface area contributed by atoms with Crippen LogP contribution < -0.4 is 9.47 Å². The van der Waals surface area contributed by atoms with Crippen molar-refractivity contribution in [3.8, 4) is 11.5 Å². The van der Waals surface area contributed by atoms with Crippen LogP contribution in [0.15, 0.2) is 24.3 Å². The molecule has 10 unspecified atom stereocenters. The van der Waals surface area contributed by atoms with E-state index in [0.29, 0.717) is 11.5 Å². The Hall–Kier alpha value is -0.130. The van der Waals surface area contributed by atoms with Crippen molar-refractivity contribution < 1.29 is 54.7 Å². The summed E-state index contributed by atoms with van der Waals surface area (Å²) in [4.78, 5) is 0. The van der Waals surface area contributed by atoms with Gasteiger partial charge in [-0.05, 0) is 112 Å². The van der Waals surface area contributed by atoms with Crippen molar-refractivity contribution in [2.24, 2.45) is 5.92 Å². The molecule has 2 aliphatic heterocycles. The first kappa shape index (κ1) is 36.3. The van der Waals surface area contributed by atoms with E-state index >= 15 is 0 Å². The number of hydrogen-bond acceptors (Lipinski definition) is 11. The molecular weight excluding hydrogens is 893 g/mol. The number of halogens is 3. The summed E-state index contributed by atoms with van der Waals surface area (Å²) in [7, 11) is 0. The van der Waals surface area contributed by atoms with E-state index in [1.807, 2.05) is 45.0 Å². The highest BCUT2D eigenvalue weighted by molar-refractivity contribution is 14.1. The number of aryl methyl sites for hydroxylation is 3. The maximum Gasteiger partial charge on any atom is 0.184 e. The van der Waals surface area contributed by atoms with Crippen LogP contribution in [0.4, 0.5) is 0 Å². The molecular formula is C28H37I3O11. The molecule has 0 amide bonds. The van der Waals surface area contributed by atoms with Crippen LogP contribution in [0.1, 0.15) is 23.6 Å². The highest BCUT2D eigenvalue weighted by Crippen LogP contribution is 2.32. The second-order valence-electron chi connectivity index (χ2n) is 10.5. The monoisotopic (exact) mass is 930 g/mol. The molecule has 0 saturated carbocycles. The molecule has 0 spiro atoms. The third-order valence-electron chi connectivity index (χ3n) is 7.02. The predicted octanol–water partition coefficient (Wildman–Crippen LogP) is 1.74. The Morgan fingerprint density at radius 1 is 0.690 bits per heavy atom. The van der Waals surface area contributed by atoms with Gasteiger partial charge in [-0.1, -0.05) is 24.6 Å². The van der Waals surface area contributed by atoms with Crippen LogP contribution in [-0.2, 0) is 9.47 Å². The van der Waals surface area contributed by atoms with E-state index in [1.165, 1.54) is 0 Å². The van der Waals surface area contributed by atoms with Gasteiger partial charge in [0, 0.05) is 9.49 Å². The van der Waals surface area contributed by atoms with Crippen molar-refractivity contribution in [3.05, 3.63) is 51.7 Å². The Balaban J connectivity index is 0.000000230. The molecule has 0 aromatic heterocycles. The predicted molar refractivity (Wildman–Crippen MR) is 177 cm³/mol. The van der Waals surface area contributed by atoms with E-state index in [1.54, 1.807) is 6.92 Å². The zero-order valence-electron chi connectivity index (χ0n) is 23.4. The lowest BCUT2D eigenvalue weighted by molar-refractivity contribution is -0.149. The lowest BCUT2D eigenvalue weighted by Crippen LogP contribution is -2.41. The Kier molecular flexibility index (Phi) is 13.8. The second kappa shape index (κ2) is 15.9. The van der Waals surface area contributed by atoms with Crippen molar-refractivity contribution in [2.45, 2.75) is 83.0 Å². The van der Waals surface area contributed by atoms with Crippen LogP contribution in [0, 0.1) is 37.4 Å². The first-order valence-corrected chi connectivity index (χ1v) is 16.4. The zero-order chi connectivity index (χ0) is 31.5. The fourth-order valence-corrected chi connectivity index (χ4v) is 8.64. The van der Waals surface area contributed by atoms with Crippen LogP contribution in [0.3, 0.4) is 0 Å². The fourth-order valence-electron chi connectivity index (χ4n) is 4.74. The molecule has 2 aromatic carbocycles. The van der Waals surface area contributed by atoms with Gasteiger partial charge in [0.15, 0.2) is 12.6 Å². The summed E-state index contributed by atoms with van der Waals surface area (Å²) >= 11 is 6.59. The number of ether oxygens (including phenoxy) is 4. The summed E-state index contributed by atoms with van der Waals surface area (Å²) in [5.41, 5.74) is 3.03. The maximum absolute atomic E-state index is 10.1. The lowest BCUT2D eigenvalue weighted by Gasteiger charge is -2.22. The molecule has 236 valence electrons. The topological polar surface area (TPSA) is 179 Å². The van der Waals surface area contributed by atoms with Crippen LogP contribution in [0.5, 0.6) is 11.5 Å². The van der Waals surface area contributed by atoms with Crippen molar-refractivity contribution in [3.63, 3.8) is 0 Å². The Morgan fingerprint density at radius 2 is 1.14 bits per heavy atom. The van der Waals surface area contributed by atoms with Gasteiger partial charge in [-0.15, -0.1) is 0 Å². The zero-order valence-corrected chi connectivity index (χ0v) is 29.9. The van der Waals surface area contributed by atoms with E-state index in [4.69, 9.17) is 18.9 Å². The van der Waals surface area contributed by atoms with Crippen molar-refractivity contribution in [2.75, 3.05) is 13.2 Å². The third kappa shape index (κ3) is 8.99. The molecule has 42 heavy (non-hydrogen) atoms. The van der Waals surface area contributed by atoms with Crippen LogP contribution in [0.2, 0.25) is 0 Å². The standard InChI is InChI=1S/C15H22O6.C13H15I3O5/c1-7-4-8(2)13(9(3)5-7)20-6-10(16)14-11(17)12(18)15(19)21-14;1-5-10(18)12(21-13(5)19)9(17)4-20-11-7(15)2-6(14)3-8(11)16/h4-5,10-12,14-19H,6H2,1-3H3;2-3,5,9-10,12-13,17-19H,4H2,1H3. The molecule has 0 bridgehead atoms. The van der Waals surface area contributed by atoms with Crippen LogP contribution in [-0.4, -0.2) is 104 Å². The Morgan fingerprint density at radius 3 is 1.57 bits per heavy atom. The number of aliphatic hydroxyl groups is 7. The average Bonchev–Trinajstić information content (AvgIpc) is 3.31. The normalized spacial score (nSPS) is 30.4. The summed E-state index contributed by atoms with van der Waals surface area (Å²) < 4.78 is 24.4. The van der Waals surface area contributed by atoms with Crippen LogP contribution >= 0.6 is 67.8 Å². The van der Waals surface area contributed by atoms with E-state index in [9.17, 15) is 35.7 Å². The highest BCUT2D eigenvalue weighted by atomic mass is 127. The summed E-state index contributed by atoms with van der Waals surface area (Å²) in [6.07, 6.45) is -10.3. The smallest absolute Gasteiger partial charge is 0.184 e. The summed E-state index contributed by atoms with van der Waals surface area (Å²) in [5.74, 6) is 0.952. The van der Waals surface area contributed by atoms with Gasteiger partial charge in [0.25, 0.3) is 0 Å². The minimum atomic E-state index is -1.50. The van der Waals surface area contributed by atoms with Crippen molar-refractivity contribution >= 4 is 67.8 Å². The number of benzene rings is 2. The molecule has 2 saturated heterocycles. The molecule has 2 aromatic rings. The quantitative estimate of drug-likeness (QED) is 0.192. The van der Waals surface area contributed by atoms with E-state index in [0.717, 1.165) is 27.4 Å². The van der Waals surface area contributed by atoms with Crippen LogP contribution in [0.25, 0.3) is 0 Å². The Labute approximate surface area is 285 Å². The van der Waals surface area contributed by atoms with Gasteiger partial charge in [0.05, 0.1) is 13.2 Å². The Bertz CT molecular complexity index is 1060. The lowest BCUT2D eigenvalue weighted by atomic mass is 10.00.